The molecule has 122 valence electrons. The monoisotopic (exact) mass is 336 g/mol. The van der Waals surface area contributed by atoms with Gasteiger partial charge in [-0.15, -0.1) is 11.6 Å². The number of esters is 1. The molecule has 6 heteroatoms. The summed E-state index contributed by atoms with van der Waals surface area (Å²) in [6.45, 7) is 5.15. The van der Waals surface area contributed by atoms with E-state index in [2.05, 4.69) is 0 Å². The fourth-order valence-corrected chi connectivity index (χ4v) is 2.65. The van der Waals surface area contributed by atoms with Crippen molar-refractivity contribution in [2.75, 3.05) is 0 Å². The smallest absolute Gasteiger partial charge is 0.336 e. The van der Waals surface area contributed by atoms with E-state index in [1.165, 1.54) is 6.07 Å². The maximum atomic E-state index is 11.8. The summed E-state index contributed by atoms with van der Waals surface area (Å²) in [6, 6.07) is 6.73. The van der Waals surface area contributed by atoms with Crippen molar-refractivity contribution in [3.8, 4) is 5.75 Å². The van der Waals surface area contributed by atoms with E-state index in [-0.39, 0.29) is 6.10 Å². The van der Waals surface area contributed by atoms with Crippen molar-refractivity contribution in [3.05, 3.63) is 40.2 Å². The number of halogens is 1. The van der Waals surface area contributed by atoms with Crippen molar-refractivity contribution >= 4 is 28.5 Å². The molecule has 2 atom stereocenters. The fraction of sp³-hybridized carbons (Fsp3) is 0.412. The van der Waals surface area contributed by atoms with Crippen LogP contribution in [0.4, 0.5) is 0 Å². The van der Waals surface area contributed by atoms with Gasteiger partial charge in [0.2, 0.25) is 0 Å². The maximum absolute atomic E-state index is 11.8. The zero-order valence-corrected chi connectivity index (χ0v) is 13.8. The molecule has 23 heavy (non-hydrogen) atoms. The Bertz CT molecular complexity index is 821. The van der Waals surface area contributed by atoms with Gasteiger partial charge in [0.1, 0.15) is 28.4 Å². The minimum absolute atomic E-state index is 0.333. The molecular weight excluding hydrogens is 320 g/mol. The molecule has 0 spiro atoms. The van der Waals surface area contributed by atoms with Crippen LogP contribution in [0.25, 0.3) is 11.0 Å². The Hall–Kier alpha value is -2.01. The first-order chi connectivity index (χ1) is 10.8. The summed E-state index contributed by atoms with van der Waals surface area (Å²) in [5.41, 5.74) is 0.226. The predicted octanol–water partition coefficient (Wildman–Crippen LogP) is 3.05. The van der Waals surface area contributed by atoms with Crippen molar-refractivity contribution in [1.82, 2.24) is 0 Å². The van der Waals surface area contributed by atoms with Gasteiger partial charge in [-0.25, -0.2) is 4.79 Å². The second-order valence-electron chi connectivity index (χ2n) is 6.20. The molecule has 0 aliphatic carbocycles. The highest BCUT2D eigenvalue weighted by Gasteiger charge is 2.40. The van der Waals surface area contributed by atoms with Crippen LogP contribution in [0.15, 0.2) is 33.5 Å². The van der Waals surface area contributed by atoms with Gasteiger partial charge in [0.15, 0.2) is 0 Å². The van der Waals surface area contributed by atoms with Gasteiger partial charge in [-0.05, 0) is 38.5 Å². The average Bonchev–Trinajstić information content (AvgIpc) is 2.87. The molecule has 0 saturated carbocycles. The lowest BCUT2D eigenvalue weighted by Gasteiger charge is -2.31. The van der Waals surface area contributed by atoms with Crippen LogP contribution < -0.4 is 10.4 Å². The van der Waals surface area contributed by atoms with Gasteiger partial charge in [0.05, 0.1) is 0 Å². The minimum Gasteiger partial charge on any atom is -0.485 e. The summed E-state index contributed by atoms with van der Waals surface area (Å²) >= 11 is 5.76. The van der Waals surface area contributed by atoms with E-state index in [9.17, 15) is 9.59 Å². The summed E-state index contributed by atoms with van der Waals surface area (Å²) in [7, 11) is 0. The summed E-state index contributed by atoms with van der Waals surface area (Å²) in [6.07, 6.45) is 0.266. The number of carbonyl (C=O) groups is 1. The molecule has 0 N–H and O–H groups in total. The van der Waals surface area contributed by atoms with Crippen LogP contribution in [0, 0.1) is 0 Å². The molecular formula is C17H17ClO5. The molecule has 0 amide bonds. The number of hydrogen-bond donors (Lipinski definition) is 0. The molecule has 2 aromatic rings. The largest absolute Gasteiger partial charge is 0.485 e. The number of ether oxygens (including phenoxy) is 2. The van der Waals surface area contributed by atoms with Crippen LogP contribution in [-0.4, -0.2) is 23.1 Å². The zero-order chi connectivity index (χ0) is 16.8. The van der Waals surface area contributed by atoms with Gasteiger partial charge >= 0.3 is 11.6 Å². The molecule has 0 fully saturated rings. The highest BCUT2D eigenvalue weighted by Crippen LogP contribution is 2.37. The molecule has 1 aromatic carbocycles. The van der Waals surface area contributed by atoms with Gasteiger partial charge in [0, 0.05) is 23.9 Å². The second-order valence-corrected chi connectivity index (χ2v) is 6.86. The predicted molar refractivity (Wildman–Crippen MR) is 86.1 cm³/mol. The Morgan fingerprint density at radius 2 is 2.13 bits per heavy atom. The molecule has 0 radical (unpaired) electrons. The average molecular weight is 337 g/mol. The Morgan fingerprint density at radius 1 is 1.39 bits per heavy atom. The van der Waals surface area contributed by atoms with E-state index >= 15 is 0 Å². The highest BCUT2D eigenvalue weighted by molar-refractivity contribution is 6.29. The molecule has 5 nitrogen and oxygen atoms in total. The molecule has 1 aliphatic heterocycles. The van der Waals surface area contributed by atoms with Gasteiger partial charge in [-0.3, -0.25) is 4.79 Å². The number of hydrogen-bond acceptors (Lipinski definition) is 5. The second kappa shape index (κ2) is 5.57. The van der Waals surface area contributed by atoms with Crippen LogP contribution in [0.2, 0.25) is 0 Å². The summed E-state index contributed by atoms with van der Waals surface area (Å²) in [5, 5.41) is 0.117. The Labute approximate surface area is 138 Å². The van der Waals surface area contributed by atoms with Crippen LogP contribution in [-0.2, 0) is 16.0 Å². The number of benzene rings is 1. The SMILES string of the molecule is CC(Cl)C(=O)OC(C)(C)C1Cc2cc3ccc(=O)oc3cc2O1. The van der Waals surface area contributed by atoms with Crippen LogP contribution in [0.1, 0.15) is 26.3 Å². The quantitative estimate of drug-likeness (QED) is 0.489. The van der Waals surface area contributed by atoms with Gasteiger partial charge in [0.25, 0.3) is 0 Å². The third-order valence-electron chi connectivity index (χ3n) is 3.94. The first-order valence-electron chi connectivity index (χ1n) is 7.36. The number of rotatable bonds is 3. The summed E-state index contributed by atoms with van der Waals surface area (Å²) in [4.78, 5) is 23.1. The van der Waals surface area contributed by atoms with Crippen molar-refractivity contribution in [1.29, 1.82) is 0 Å². The van der Waals surface area contributed by atoms with Crippen LogP contribution in [0.3, 0.4) is 0 Å². The third-order valence-corrected chi connectivity index (χ3v) is 4.12. The maximum Gasteiger partial charge on any atom is 0.336 e. The number of carbonyl (C=O) groups excluding carboxylic acids is 1. The molecule has 1 aromatic heterocycles. The zero-order valence-electron chi connectivity index (χ0n) is 13.1. The van der Waals surface area contributed by atoms with E-state index in [1.807, 2.05) is 6.07 Å². The molecule has 0 bridgehead atoms. The fourth-order valence-electron chi connectivity index (χ4n) is 2.60. The van der Waals surface area contributed by atoms with Gasteiger partial charge < -0.3 is 13.9 Å². The normalized spacial score (nSPS) is 18.3. The number of fused-ring (bicyclic) bond motifs is 2. The van der Waals surface area contributed by atoms with Crippen molar-refractivity contribution in [2.45, 2.75) is 44.3 Å². The van der Waals surface area contributed by atoms with E-state index in [1.54, 1.807) is 32.9 Å². The van der Waals surface area contributed by atoms with E-state index in [0.29, 0.717) is 17.8 Å². The van der Waals surface area contributed by atoms with Crippen molar-refractivity contribution in [2.24, 2.45) is 0 Å². The Balaban J connectivity index is 1.87. The lowest BCUT2D eigenvalue weighted by molar-refractivity contribution is -0.163. The third kappa shape index (κ3) is 3.06. The Morgan fingerprint density at radius 3 is 2.83 bits per heavy atom. The van der Waals surface area contributed by atoms with E-state index in [0.717, 1.165) is 10.9 Å². The van der Waals surface area contributed by atoms with Crippen molar-refractivity contribution in [3.63, 3.8) is 0 Å². The molecule has 3 rings (SSSR count). The van der Waals surface area contributed by atoms with Gasteiger partial charge in [-0.1, -0.05) is 0 Å². The number of alkyl halides is 1. The standard InChI is InChI=1S/C17H17ClO5/c1-9(18)16(20)23-17(2,3)14-7-11-6-10-4-5-15(19)22-12(10)8-13(11)21-14/h4-6,8-9,14H,7H2,1-3H3. The van der Waals surface area contributed by atoms with Crippen LogP contribution >= 0.6 is 11.6 Å². The van der Waals surface area contributed by atoms with E-state index in [4.69, 9.17) is 25.5 Å². The first kappa shape index (κ1) is 15.9. The lowest BCUT2D eigenvalue weighted by Crippen LogP contribution is -2.44. The van der Waals surface area contributed by atoms with Crippen molar-refractivity contribution < 1.29 is 18.7 Å². The molecule has 2 unspecified atom stereocenters. The molecule has 2 heterocycles. The highest BCUT2D eigenvalue weighted by atomic mass is 35.5. The summed E-state index contributed by atoms with van der Waals surface area (Å²) in [5.74, 6) is 0.160. The first-order valence-corrected chi connectivity index (χ1v) is 7.80. The molecule has 1 aliphatic rings. The van der Waals surface area contributed by atoms with E-state index < -0.39 is 22.6 Å². The van der Waals surface area contributed by atoms with Crippen LogP contribution in [0.5, 0.6) is 5.75 Å². The van der Waals surface area contributed by atoms with Gasteiger partial charge in [-0.2, -0.15) is 0 Å². The molecule has 0 saturated heterocycles. The topological polar surface area (TPSA) is 65.7 Å². The summed E-state index contributed by atoms with van der Waals surface area (Å²) < 4.78 is 16.5. The minimum atomic E-state index is -0.827. The lowest BCUT2D eigenvalue weighted by atomic mass is 9.96. The Kier molecular flexibility index (Phi) is 3.84.